The average molecular weight is 789 g/mol. The van der Waals surface area contributed by atoms with E-state index in [1.165, 1.54) is 12.0 Å². The van der Waals surface area contributed by atoms with E-state index in [0.717, 1.165) is 57.9 Å². The van der Waals surface area contributed by atoms with Crippen LogP contribution in [-0.2, 0) is 32.1 Å². The number of amides is 2. The Morgan fingerprint density at radius 3 is 1.79 bits per heavy atom. The first kappa shape index (κ1) is 42.3. The van der Waals surface area contributed by atoms with E-state index >= 15 is 0 Å². The van der Waals surface area contributed by atoms with Crippen LogP contribution in [0.25, 0.3) is 0 Å². The van der Waals surface area contributed by atoms with Gasteiger partial charge in [0.25, 0.3) is 6.47 Å². The summed E-state index contributed by atoms with van der Waals surface area (Å²) in [6.07, 6.45) is 4.91. The van der Waals surface area contributed by atoms with E-state index in [9.17, 15) is 9.59 Å². The van der Waals surface area contributed by atoms with Crippen LogP contribution in [0.4, 0.5) is 11.4 Å². The summed E-state index contributed by atoms with van der Waals surface area (Å²) < 4.78 is 5.57. The molecule has 4 rings (SSSR count). The molecule has 2 amide bonds. The van der Waals surface area contributed by atoms with Crippen molar-refractivity contribution in [1.82, 2.24) is 0 Å². The number of aromatic hydroxyl groups is 1. The van der Waals surface area contributed by atoms with Gasteiger partial charge in [0, 0.05) is 52.3 Å². The Morgan fingerprint density at radius 1 is 0.846 bits per heavy atom. The van der Waals surface area contributed by atoms with Crippen molar-refractivity contribution >= 4 is 77.5 Å². The minimum absolute atomic E-state index is 0. The predicted octanol–water partition coefficient (Wildman–Crippen LogP) is -1.27. The topological polar surface area (TPSA) is 137 Å². The van der Waals surface area contributed by atoms with E-state index in [2.05, 4.69) is 63.3 Å². The summed E-state index contributed by atoms with van der Waals surface area (Å²) in [5.74, 6) is 1.12. The largest absolute Gasteiger partial charge is 1.00 e. The van der Waals surface area contributed by atoms with Crippen LogP contribution in [0.2, 0.25) is 0 Å². The molecule has 0 saturated carbocycles. The molecule has 0 radical (unpaired) electrons. The van der Waals surface area contributed by atoms with Gasteiger partial charge in [-0.2, -0.15) is 0 Å². The second-order valence-corrected chi connectivity index (χ2v) is 9.95. The molecule has 2 aromatic rings. The Hall–Kier alpha value is 1.12. The summed E-state index contributed by atoms with van der Waals surface area (Å²) in [5.41, 5.74) is 3.92. The fourth-order valence-corrected chi connectivity index (χ4v) is 4.64. The van der Waals surface area contributed by atoms with E-state index < -0.39 is 0 Å². The Morgan fingerprint density at radius 2 is 1.33 bits per heavy atom. The number of alkyl halides is 3. The molecular weight excluding hydrogens is 758 g/mol. The van der Waals surface area contributed by atoms with Crippen molar-refractivity contribution in [2.75, 3.05) is 33.2 Å². The number of carbonyl (C=O) groups excluding carboxylic acids is 3. The molecule has 0 aromatic heterocycles. The molecule has 3 N–H and O–H groups in total. The third-order valence-corrected chi connectivity index (χ3v) is 6.50. The van der Waals surface area contributed by atoms with Crippen molar-refractivity contribution < 1.29 is 139 Å². The zero-order valence-corrected chi connectivity index (χ0v) is 33.1. The molecule has 0 fully saturated rings. The zero-order valence-electron chi connectivity index (χ0n) is 23.1. The van der Waals surface area contributed by atoms with Crippen molar-refractivity contribution in [3.05, 3.63) is 47.5 Å². The van der Waals surface area contributed by atoms with Crippen LogP contribution in [0.5, 0.6) is 11.5 Å². The first-order chi connectivity index (χ1) is 17.9. The maximum absolute atomic E-state index is 11.2. The van der Waals surface area contributed by atoms with Gasteiger partial charge in [-0.05, 0) is 48.9 Å². The van der Waals surface area contributed by atoms with Crippen LogP contribution in [0, 0.1) is 0 Å². The van der Waals surface area contributed by atoms with Gasteiger partial charge in [0.2, 0.25) is 11.8 Å². The van der Waals surface area contributed by atoms with Crippen molar-refractivity contribution in [3.8, 4) is 11.5 Å². The standard InChI is InChI=1S/C12H14BrNO2.C9H9NO2.C3H6Br2.CH2O3.2K.H/c13-6-1-7-16-10-4-2-9-3-5-12(15)14-11(9)8-10;11-7-3-1-6-2-4-9(12)10-8(6)5-7;4-2-1-3-5;2-1-4-3;;;/h2,4,8H,1,3,5-7H2,(H,14,15);1,3,5,11H,2,4H2,(H,10,12);1-3H2;1,3H;;;/q;;;;2*+1;-1/p-1. The van der Waals surface area contributed by atoms with Gasteiger partial charge in [-0.3, -0.25) is 14.4 Å². The van der Waals surface area contributed by atoms with Gasteiger partial charge in [-0.25, -0.2) is 0 Å². The average Bonchev–Trinajstić information content (AvgIpc) is 2.90. The molecule has 14 heteroatoms. The number of benzene rings is 2. The maximum Gasteiger partial charge on any atom is 1.00 e. The third-order valence-electron chi connectivity index (χ3n) is 4.82. The van der Waals surface area contributed by atoms with Crippen LogP contribution < -0.4 is 123 Å². The minimum Gasteiger partial charge on any atom is -1.00 e. The minimum atomic E-state index is -0.181. The second kappa shape index (κ2) is 26.7. The number of halogens is 3. The van der Waals surface area contributed by atoms with Crippen LogP contribution in [-0.4, -0.2) is 46.0 Å². The summed E-state index contributed by atoms with van der Waals surface area (Å²) in [4.78, 5) is 33.4. The van der Waals surface area contributed by atoms with Crippen LogP contribution in [0.15, 0.2) is 36.4 Å². The number of fused-ring (bicyclic) bond motifs is 2. The number of phenols is 1. The summed E-state index contributed by atoms with van der Waals surface area (Å²) in [7, 11) is 0. The SMILES string of the molecule is BrCCCBr.O=C1CCc2ccc(O)cc2N1.O=C1CCc2ccc(OCCCBr)cc2N1.O=CO[O-].[H-].[K+].[K+]. The van der Waals surface area contributed by atoms with Gasteiger partial charge in [-0.1, -0.05) is 59.9 Å². The number of hydrogen-bond acceptors (Lipinski definition) is 7. The molecule has 2 aliphatic rings. The summed E-state index contributed by atoms with van der Waals surface area (Å²) in [6.45, 7) is 0.512. The van der Waals surface area contributed by atoms with Crippen molar-refractivity contribution in [2.24, 2.45) is 0 Å². The molecule has 0 saturated heterocycles. The summed E-state index contributed by atoms with van der Waals surface area (Å²) in [6, 6.07) is 10.9. The third kappa shape index (κ3) is 19.1. The van der Waals surface area contributed by atoms with Crippen molar-refractivity contribution in [3.63, 3.8) is 0 Å². The second-order valence-electron chi connectivity index (χ2n) is 7.57. The number of aryl methyl sites for hydroxylation is 2. The van der Waals surface area contributed by atoms with Gasteiger partial charge >= 0.3 is 103 Å². The van der Waals surface area contributed by atoms with Crippen LogP contribution in [0.3, 0.4) is 0 Å². The molecule has 0 spiro atoms. The quantitative estimate of drug-likeness (QED) is 0.0796. The molecule has 9 nitrogen and oxygen atoms in total. The number of hydrogen-bond donors (Lipinski definition) is 3. The number of carbonyl (C=O) groups is 3. The fourth-order valence-electron chi connectivity index (χ4n) is 3.10. The van der Waals surface area contributed by atoms with Crippen molar-refractivity contribution in [2.45, 2.75) is 38.5 Å². The summed E-state index contributed by atoms with van der Waals surface area (Å²) in [5, 5.41) is 26.3. The molecule has 2 heterocycles. The van der Waals surface area contributed by atoms with Gasteiger partial charge in [0.05, 0.1) is 6.61 Å². The molecule has 0 atom stereocenters. The van der Waals surface area contributed by atoms with Gasteiger partial charge in [-0.15, -0.1) is 0 Å². The molecule has 206 valence electrons. The van der Waals surface area contributed by atoms with E-state index in [4.69, 9.17) is 19.9 Å². The Bertz CT molecular complexity index is 1010. The van der Waals surface area contributed by atoms with Gasteiger partial charge in [0.1, 0.15) is 11.5 Å². The number of nitrogens with one attached hydrogen (secondary N) is 2. The van der Waals surface area contributed by atoms with E-state index in [1.54, 1.807) is 12.1 Å². The molecule has 0 aliphatic carbocycles. The molecule has 0 unspecified atom stereocenters. The summed E-state index contributed by atoms with van der Waals surface area (Å²) >= 11 is 9.91. The van der Waals surface area contributed by atoms with Crippen LogP contribution >= 0.6 is 47.8 Å². The van der Waals surface area contributed by atoms with Gasteiger partial charge in [0.15, 0.2) is 0 Å². The Labute approximate surface area is 341 Å². The fraction of sp³-hybridized carbons (Fsp3) is 0.400. The molecule has 2 aromatic carbocycles. The molecule has 0 bridgehead atoms. The van der Waals surface area contributed by atoms with Crippen molar-refractivity contribution in [1.29, 1.82) is 0 Å². The monoisotopic (exact) mass is 786 g/mol. The number of anilines is 2. The first-order valence-corrected chi connectivity index (χ1v) is 14.8. The first-order valence-electron chi connectivity index (χ1n) is 11.5. The smallest absolute Gasteiger partial charge is 1.00 e. The molecular formula is C25H31Br3K2N2O7. The van der Waals surface area contributed by atoms with E-state index in [-0.39, 0.29) is 128 Å². The number of ether oxygens (including phenoxy) is 1. The Kier molecular flexibility index (Phi) is 29.0. The number of phenolic OH excluding ortho intramolecular Hbond substituents is 1. The van der Waals surface area contributed by atoms with E-state index in [1.807, 2.05) is 24.3 Å². The normalized spacial score (nSPS) is 12.1. The predicted molar refractivity (Wildman–Crippen MR) is 153 cm³/mol. The maximum atomic E-state index is 11.2. The van der Waals surface area contributed by atoms with Crippen LogP contribution in [0.1, 0.15) is 38.2 Å². The number of rotatable bonds is 7. The zero-order chi connectivity index (χ0) is 27.5. The molecule has 39 heavy (non-hydrogen) atoms. The van der Waals surface area contributed by atoms with Gasteiger partial charge < -0.3 is 32.0 Å². The van der Waals surface area contributed by atoms with E-state index in [0.29, 0.717) is 19.4 Å². The molecule has 2 aliphatic heterocycles. The Balaban J connectivity index is -0.000000507.